The molecule has 0 aromatic rings. The van der Waals surface area contributed by atoms with Crippen LogP contribution in [0.4, 0.5) is 0 Å². The van der Waals surface area contributed by atoms with Crippen LogP contribution >= 0.6 is 0 Å². The van der Waals surface area contributed by atoms with Gasteiger partial charge < -0.3 is 5.11 Å². The SMILES string of the molecule is CCCCCC=CCC=CCC=CCC=CC/C=C\CCC(=O)O. The van der Waals surface area contributed by atoms with Crippen LogP contribution in [0.5, 0.6) is 0 Å². The van der Waals surface area contributed by atoms with Gasteiger partial charge in [-0.3, -0.25) is 4.79 Å². The molecule has 0 aromatic heterocycles. The molecule has 1 N–H and O–H groups in total. The van der Waals surface area contributed by atoms with Gasteiger partial charge in [-0.05, 0) is 44.9 Å². The minimum absolute atomic E-state index is 0.213. The first-order valence-electron chi connectivity index (χ1n) is 9.24. The molecule has 0 spiro atoms. The largest absolute Gasteiger partial charge is 0.481 e. The number of aliphatic carboxylic acids is 1. The van der Waals surface area contributed by atoms with E-state index in [-0.39, 0.29) is 6.42 Å². The van der Waals surface area contributed by atoms with Crippen molar-refractivity contribution >= 4 is 5.97 Å². The van der Waals surface area contributed by atoms with Crippen LogP contribution in [0.2, 0.25) is 0 Å². The zero-order chi connectivity index (χ0) is 17.7. The van der Waals surface area contributed by atoms with Crippen molar-refractivity contribution in [1.82, 2.24) is 0 Å². The molecule has 0 amide bonds. The second-order valence-electron chi connectivity index (χ2n) is 5.73. The van der Waals surface area contributed by atoms with Crippen LogP contribution in [0.15, 0.2) is 60.8 Å². The van der Waals surface area contributed by atoms with E-state index in [2.05, 4.69) is 55.5 Å². The standard InChI is InChI=1S/C22H34O2/c1-2-3-4-5-6-7-8-9-10-11-12-13-14-15-16-17-18-19-20-21-22(23)24/h6-7,9-10,12-13,15-16,18-19H,2-5,8,11,14,17,20-21H2,1H3,(H,23,24)/b7-6?,10-9?,13-12?,16-15?,19-18-. The number of carboxylic acids is 1. The maximum absolute atomic E-state index is 10.3. The van der Waals surface area contributed by atoms with E-state index in [0.29, 0.717) is 6.42 Å². The van der Waals surface area contributed by atoms with Crippen molar-refractivity contribution in [2.75, 3.05) is 0 Å². The lowest BCUT2D eigenvalue weighted by molar-refractivity contribution is -0.136. The molecule has 0 aliphatic rings. The van der Waals surface area contributed by atoms with Gasteiger partial charge in [-0.15, -0.1) is 0 Å². The summed E-state index contributed by atoms with van der Waals surface area (Å²) in [5.74, 6) is -0.739. The number of unbranched alkanes of at least 4 members (excludes halogenated alkanes) is 3. The highest BCUT2D eigenvalue weighted by molar-refractivity contribution is 5.66. The first-order chi connectivity index (χ1) is 11.8. The predicted molar refractivity (Wildman–Crippen MR) is 105 cm³/mol. The molecule has 0 fully saturated rings. The van der Waals surface area contributed by atoms with Crippen LogP contribution in [-0.2, 0) is 4.79 Å². The first-order valence-corrected chi connectivity index (χ1v) is 9.24. The van der Waals surface area contributed by atoms with Crippen molar-refractivity contribution in [3.63, 3.8) is 0 Å². The quantitative estimate of drug-likeness (QED) is 0.265. The Morgan fingerprint density at radius 1 is 0.667 bits per heavy atom. The van der Waals surface area contributed by atoms with Gasteiger partial charge in [-0.2, -0.15) is 0 Å². The van der Waals surface area contributed by atoms with Gasteiger partial charge in [0, 0.05) is 6.42 Å². The summed E-state index contributed by atoms with van der Waals surface area (Å²) in [6.45, 7) is 2.23. The molecule has 0 saturated heterocycles. The smallest absolute Gasteiger partial charge is 0.303 e. The molecule has 0 atom stereocenters. The van der Waals surface area contributed by atoms with Crippen LogP contribution in [-0.4, -0.2) is 11.1 Å². The molecule has 134 valence electrons. The van der Waals surface area contributed by atoms with Gasteiger partial charge in [-0.25, -0.2) is 0 Å². The van der Waals surface area contributed by atoms with Gasteiger partial charge in [0.1, 0.15) is 0 Å². The zero-order valence-corrected chi connectivity index (χ0v) is 15.2. The highest BCUT2D eigenvalue weighted by Crippen LogP contribution is 2.01. The fraction of sp³-hybridized carbons (Fsp3) is 0.500. The van der Waals surface area contributed by atoms with Gasteiger partial charge in [0.05, 0.1) is 0 Å². The summed E-state index contributed by atoms with van der Waals surface area (Å²) in [6, 6.07) is 0. The van der Waals surface area contributed by atoms with Gasteiger partial charge >= 0.3 is 5.97 Å². The number of carboxylic acid groups (broad SMARTS) is 1. The average Bonchev–Trinajstić information content (AvgIpc) is 2.56. The molecular formula is C22H34O2. The Kier molecular flexibility index (Phi) is 17.8. The number of hydrogen-bond acceptors (Lipinski definition) is 1. The molecule has 0 unspecified atom stereocenters. The van der Waals surface area contributed by atoms with Crippen LogP contribution in [0.3, 0.4) is 0 Å². The number of hydrogen-bond donors (Lipinski definition) is 1. The molecule has 0 saturated carbocycles. The first kappa shape index (κ1) is 22.2. The number of allylic oxidation sites excluding steroid dienone is 10. The normalized spacial score (nSPS) is 12.7. The van der Waals surface area contributed by atoms with Gasteiger partial charge in [0.25, 0.3) is 0 Å². The van der Waals surface area contributed by atoms with Crippen molar-refractivity contribution in [2.45, 2.75) is 71.1 Å². The van der Waals surface area contributed by atoms with Gasteiger partial charge in [0.15, 0.2) is 0 Å². The Morgan fingerprint density at radius 2 is 1.08 bits per heavy atom. The molecule has 0 aliphatic heterocycles. The zero-order valence-electron chi connectivity index (χ0n) is 15.2. The molecule has 0 aromatic carbocycles. The fourth-order valence-corrected chi connectivity index (χ4v) is 2.04. The maximum atomic E-state index is 10.3. The number of rotatable bonds is 15. The lowest BCUT2D eigenvalue weighted by atomic mass is 10.2. The molecule has 0 aliphatic carbocycles. The van der Waals surface area contributed by atoms with E-state index < -0.39 is 5.97 Å². The van der Waals surface area contributed by atoms with Gasteiger partial charge in [-0.1, -0.05) is 80.5 Å². The third kappa shape index (κ3) is 20.2. The molecule has 24 heavy (non-hydrogen) atoms. The summed E-state index contributed by atoms with van der Waals surface area (Å²) in [4.78, 5) is 10.3. The number of carbonyl (C=O) groups is 1. The van der Waals surface area contributed by atoms with E-state index >= 15 is 0 Å². The minimum atomic E-state index is -0.739. The second kappa shape index (κ2) is 19.2. The van der Waals surface area contributed by atoms with Crippen LogP contribution in [0, 0.1) is 0 Å². The average molecular weight is 331 g/mol. The van der Waals surface area contributed by atoms with E-state index in [1.54, 1.807) is 0 Å². The Morgan fingerprint density at radius 3 is 1.50 bits per heavy atom. The Balaban J connectivity index is 3.46. The fourth-order valence-electron chi connectivity index (χ4n) is 2.04. The predicted octanol–water partition coefficient (Wildman–Crippen LogP) is 6.77. The van der Waals surface area contributed by atoms with E-state index in [1.807, 2.05) is 12.2 Å². The molecule has 0 rings (SSSR count). The molecular weight excluding hydrogens is 296 g/mol. The summed E-state index contributed by atoms with van der Waals surface area (Å²) < 4.78 is 0. The highest BCUT2D eigenvalue weighted by atomic mass is 16.4. The topological polar surface area (TPSA) is 37.3 Å². The minimum Gasteiger partial charge on any atom is -0.481 e. The third-order valence-corrected chi connectivity index (χ3v) is 3.42. The summed E-state index contributed by atoms with van der Waals surface area (Å²) in [7, 11) is 0. The van der Waals surface area contributed by atoms with Crippen LogP contribution in [0.25, 0.3) is 0 Å². The summed E-state index contributed by atoms with van der Waals surface area (Å²) in [5.41, 5.74) is 0. The van der Waals surface area contributed by atoms with Crippen LogP contribution in [0.1, 0.15) is 71.1 Å². The summed E-state index contributed by atoms with van der Waals surface area (Å²) in [5, 5.41) is 8.49. The summed E-state index contributed by atoms with van der Waals surface area (Å²) >= 11 is 0. The monoisotopic (exact) mass is 330 g/mol. The molecule has 0 radical (unpaired) electrons. The van der Waals surface area contributed by atoms with Crippen molar-refractivity contribution in [3.8, 4) is 0 Å². The molecule has 0 bridgehead atoms. The Labute approximate surface area is 148 Å². The van der Waals surface area contributed by atoms with E-state index in [0.717, 1.165) is 25.7 Å². The van der Waals surface area contributed by atoms with E-state index in [9.17, 15) is 4.79 Å². The van der Waals surface area contributed by atoms with Crippen molar-refractivity contribution in [2.24, 2.45) is 0 Å². The lowest BCUT2D eigenvalue weighted by Crippen LogP contribution is -1.91. The van der Waals surface area contributed by atoms with E-state index in [1.165, 1.54) is 25.7 Å². The van der Waals surface area contributed by atoms with Gasteiger partial charge in [0.2, 0.25) is 0 Å². The molecule has 2 heteroatoms. The lowest BCUT2D eigenvalue weighted by Gasteiger charge is -1.90. The van der Waals surface area contributed by atoms with E-state index in [4.69, 9.17) is 5.11 Å². The second-order valence-corrected chi connectivity index (χ2v) is 5.73. The maximum Gasteiger partial charge on any atom is 0.303 e. The summed E-state index contributed by atoms with van der Waals surface area (Å²) in [6.07, 6.45) is 31.4. The molecule has 0 heterocycles. The third-order valence-electron chi connectivity index (χ3n) is 3.42. The highest BCUT2D eigenvalue weighted by Gasteiger charge is 1.90. The Hall–Kier alpha value is -1.83. The van der Waals surface area contributed by atoms with Crippen molar-refractivity contribution in [3.05, 3.63) is 60.8 Å². The van der Waals surface area contributed by atoms with Crippen molar-refractivity contribution in [1.29, 1.82) is 0 Å². The molecule has 2 nitrogen and oxygen atoms in total. The Bertz CT molecular complexity index is 425. The van der Waals surface area contributed by atoms with Crippen LogP contribution < -0.4 is 0 Å². The van der Waals surface area contributed by atoms with Crippen molar-refractivity contribution < 1.29 is 9.90 Å².